The predicted octanol–water partition coefficient (Wildman–Crippen LogP) is 4.19. The van der Waals surface area contributed by atoms with Gasteiger partial charge >= 0.3 is 0 Å². The first-order valence-electron chi connectivity index (χ1n) is 6.79. The molecule has 0 saturated carbocycles. The van der Waals surface area contributed by atoms with Crippen LogP contribution in [0.4, 0.5) is 0 Å². The Hall–Kier alpha value is -2.74. The Kier molecular flexibility index (Phi) is 3.36. The van der Waals surface area contributed by atoms with Crippen molar-refractivity contribution in [1.29, 1.82) is 0 Å². The molecule has 0 aliphatic rings. The highest BCUT2D eigenvalue weighted by molar-refractivity contribution is 6.16. The molecule has 0 aromatic heterocycles. The largest absolute Gasteiger partial charge is 0.298 e. The topological polar surface area (TPSA) is 34.1 Å². The molecule has 2 heteroatoms. The van der Waals surface area contributed by atoms with Gasteiger partial charge in [-0.25, -0.2) is 0 Å². The Morgan fingerprint density at radius 3 is 2.33 bits per heavy atom. The molecule has 0 unspecified atom stereocenters. The lowest BCUT2D eigenvalue weighted by atomic mass is 9.94. The van der Waals surface area contributed by atoms with Crippen LogP contribution in [0.2, 0.25) is 0 Å². The van der Waals surface area contributed by atoms with Crippen molar-refractivity contribution in [2.45, 2.75) is 6.92 Å². The van der Waals surface area contributed by atoms with Gasteiger partial charge in [0.1, 0.15) is 0 Å². The summed E-state index contributed by atoms with van der Waals surface area (Å²) in [6.07, 6.45) is 0.768. The van der Waals surface area contributed by atoms with Gasteiger partial charge in [-0.05, 0) is 23.8 Å². The van der Waals surface area contributed by atoms with E-state index in [0.717, 1.165) is 22.6 Å². The van der Waals surface area contributed by atoms with Gasteiger partial charge in [-0.15, -0.1) is 0 Å². The summed E-state index contributed by atoms with van der Waals surface area (Å²) < 4.78 is 0. The van der Waals surface area contributed by atoms with Crippen molar-refractivity contribution in [1.82, 2.24) is 0 Å². The summed E-state index contributed by atoms with van der Waals surface area (Å²) in [6, 6.07) is 18.6. The summed E-state index contributed by atoms with van der Waals surface area (Å²) in [7, 11) is 0. The Morgan fingerprint density at radius 2 is 1.62 bits per heavy atom. The summed E-state index contributed by atoms with van der Waals surface area (Å²) in [5, 5.41) is 1.77. The molecule has 21 heavy (non-hydrogen) atoms. The third-order valence-electron chi connectivity index (χ3n) is 3.65. The summed E-state index contributed by atoms with van der Waals surface area (Å²) in [5.41, 5.74) is 2.60. The molecule has 0 aliphatic heterocycles. The Balaban J connectivity index is 2.18. The maximum Gasteiger partial charge on any atom is 0.193 e. The number of carbonyl (C=O) groups excluding carboxylic acids is 2. The van der Waals surface area contributed by atoms with E-state index in [9.17, 15) is 9.59 Å². The third kappa shape index (κ3) is 2.36. The minimum Gasteiger partial charge on any atom is -0.298 e. The van der Waals surface area contributed by atoms with E-state index in [4.69, 9.17) is 0 Å². The van der Waals surface area contributed by atoms with Gasteiger partial charge in [0.05, 0.1) is 0 Å². The maximum absolute atomic E-state index is 12.6. The van der Waals surface area contributed by atoms with Gasteiger partial charge in [0.2, 0.25) is 0 Å². The molecule has 0 bridgehead atoms. The lowest BCUT2D eigenvalue weighted by Crippen LogP contribution is -2.05. The zero-order valence-electron chi connectivity index (χ0n) is 11.7. The number of rotatable bonds is 3. The summed E-state index contributed by atoms with van der Waals surface area (Å²) in [5.74, 6) is -0.122. The second-order valence-corrected chi connectivity index (χ2v) is 5.06. The molecule has 0 N–H and O–H groups in total. The molecule has 0 saturated heterocycles. The molecule has 3 rings (SSSR count). The second-order valence-electron chi connectivity index (χ2n) is 5.06. The van der Waals surface area contributed by atoms with E-state index < -0.39 is 0 Å². The molecule has 2 nitrogen and oxygen atoms in total. The SMILES string of the molecule is Cc1ccc(C(=O)c2ccc3ccccc3c2C=O)cc1. The number of ketones is 1. The van der Waals surface area contributed by atoms with Crippen LogP contribution in [-0.4, -0.2) is 12.1 Å². The highest BCUT2D eigenvalue weighted by atomic mass is 16.1. The van der Waals surface area contributed by atoms with Gasteiger partial charge in [0.25, 0.3) is 0 Å². The Morgan fingerprint density at radius 1 is 0.905 bits per heavy atom. The number of benzene rings is 3. The maximum atomic E-state index is 12.6. The predicted molar refractivity (Wildman–Crippen MR) is 83.9 cm³/mol. The number of carbonyl (C=O) groups is 2. The van der Waals surface area contributed by atoms with Crippen LogP contribution in [0, 0.1) is 6.92 Å². The first-order chi connectivity index (χ1) is 10.2. The summed E-state index contributed by atoms with van der Waals surface area (Å²) in [6.45, 7) is 1.97. The lowest BCUT2D eigenvalue weighted by molar-refractivity contribution is 0.103. The standard InChI is InChI=1S/C19H14O2/c1-13-6-8-15(9-7-13)19(21)17-11-10-14-4-2-3-5-16(14)18(17)12-20/h2-12H,1H3. The van der Waals surface area contributed by atoms with Crippen LogP contribution in [0.1, 0.15) is 31.8 Å². The van der Waals surface area contributed by atoms with Crippen LogP contribution in [-0.2, 0) is 0 Å². The minimum atomic E-state index is -0.122. The van der Waals surface area contributed by atoms with Crippen molar-refractivity contribution in [3.05, 3.63) is 82.9 Å². The minimum absolute atomic E-state index is 0.122. The Labute approximate surface area is 123 Å². The van der Waals surface area contributed by atoms with Gasteiger partial charge in [0.15, 0.2) is 12.1 Å². The van der Waals surface area contributed by atoms with Gasteiger partial charge in [-0.2, -0.15) is 0 Å². The fourth-order valence-electron chi connectivity index (χ4n) is 2.48. The van der Waals surface area contributed by atoms with Crippen LogP contribution in [0.15, 0.2) is 60.7 Å². The zero-order chi connectivity index (χ0) is 14.8. The normalized spacial score (nSPS) is 10.5. The number of aldehydes is 1. The quantitative estimate of drug-likeness (QED) is 0.530. The van der Waals surface area contributed by atoms with Crippen LogP contribution >= 0.6 is 0 Å². The van der Waals surface area contributed by atoms with E-state index >= 15 is 0 Å². The smallest absolute Gasteiger partial charge is 0.193 e. The number of aryl methyl sites for hydroxylation is 1. The van der Waals surface area contributed by atoms with Crippen LogP contribution < -0.4 is 0 Å². The van der Waals surface area contributed by atoms with E-state index in [-0.39, 0.29) is 5.78 Å². The molecule has 102 valence electrons. The van der Waals surface area contributed by atoms with E-state index in [2.05, 4.69) is 0 Å². The molecule has 0 fully saturated rings. The number of hydrogen-bond acceptors (Lipinski definition) is 2. The van der Waals surface area contributed by atoms with E-state index in [1.807, 2.05) is 49.4 Å². The van der Waals surface area contributed by atoms with Crippen molar-refractivity contribution >= 4 is 22.8 Å². The molecule has 3 aromatic rings. The van der Waals surface area contributed by atoms with E-state index in [1.165, 1.54) is 0 Å². The van der Waals surface area contributed by atoms with Gasteiger partial charge in [-0.3, -0.25) is 9.59 Å². The van der Waals surface area contributed by atoms with Crippen molar-refractivity contribution in [3.8, 4) is 0 Å². The second kappa shape index (κ2) is 5.33. The molecular formula is C19H14O2. The zero-order valence-corrected chi connectivity index (χ0v) is 11.7. The lowest BCUT2D eigenvalue weighted by Gasteiger charge is -2.08. The Bertz CT molecular complexity index is 830. The molecule has 0 atom stereocenters. The van der Waals surface area contributed by atoms with Gasteiger partial charge in [0, 0.05) is 16.7 Å². The van der Waals surface area contributed by atoms with E-state index in [1.54, 1.807) is 18.2 Å². The number of hydrogen-bond donors (Lipinski definition) is 0. The first kappa shape index (κ1) is 13.3. The fraction of sp³-hybridized carbons (Fsp3) is 0.0526. The van der Waals surface area contributed by atoms with Crippen LogP contribution in [0.25, 0.3) is 10.8 Å². The van der Waals surface area contributed by atoms with Gasteiger partial charge < -0.3 is 0 Å². The summed E-state index contributed by atoms with van der Waals surface area (Å²) in [4.78, 5) is 24.1. The molecule has 0 aliphatic carbocycles. The number of fused-ring (bicyclic) bond motifs is 1. The highest BCUT2D eigenvalue weighted by Crippen LogP contribution is 2.23. The van der Waals surface area contributed by atoms with E-state index in [0.29, 0.717) is 16.7 Å². The van der Waals surface area contributed by atoms with Gasteiger partial charge in [-0.1, -0.05) is 60.2 Å². The molecule has 0 heterocycles. The molecule has 0 spiro atoms. The van der Waals surface area contributed by atoms with Crippen LogP contribution in [0.5, 0.6) is 0 Å². The summed E-state index contributed by atoms with van der Waals surface area (Å²) >= 11 is 0. The highest BCUT2D eigenvalue weighted by Gasteiger charge is 2.15. The molecule has 3 aromatic carbocycles. The molecule has 0 radical (unpaired) electrons. The molecule has 0 amide bonds. The van der Waals surface area contributed by atoms with Crippen molar-refractivity contribution in [2.75, 3.05) is 0 Å². The first-order valence-corrected chi connectivity index (χ1v) is 6.79. The van der Waals surface area contributed by atoms with Crippen molar-refractivity contribution in [3.63, 3.8) is 0 Å². The molecular weight excluding hydrogens is 260 g/mol. The average Bonchev–Trinajstić information content (AvgIpc) is 2.53. The monoisotopic (exact) mass is 274 g/mol. The fourth-order valence-corrected chi connectivity index (χ4v) is 2.48. The van der Waals surface area contributed by atoms with Crippen molar-refractivity contribution < 1.29 is 9.59 Å². The van der Waals surface area contributed by atoms with Crippen molar-refractivity contribution in [2.24, 2.45) is 0 Å². The third-order valence-corrected chi connectivity index (χ3v) is 3.65. The van der Waals surface area contributed by atoms with Crippen LogP contribution in [0.3, 0.4) is 0 Å². The average molecular weight is 274 g/mol.